The Bertz CT molecular complexity index is 630. The second-order valence-electron chi connectivity index (χ2n) is 4.69. The van der Waals surface area contributed by atoms with E-state index in [1.807, 2.05) is 0 Å². The Kier molecular flexibility index (Phi) is 4.75. The fourth-order valence-electron chi connectivity index (χ4n) is 1.95. The van der Waals surface area contributed by atoms with E-state index in [0.29, 0.717) is 16.9 Å². The third kappa shape index (κ3) is 3.49. The highest BCUT2D eigenvalue weighted by Crippen LogP contribution is 2.24. The maximum atomic E-state index is 13.9. The zero-order valence-electron chi connectivity index (χ0n) is 11.9. The molecule has 0 aliphatic rings. The van der Waals surface area contributed by atoms with Crippen LogP contribution in [0.3, 0.4) is 0 Å². The Morgan fingerprint density at radius 3 is 2.57 bits per heavy atom. The number of methoxy groups -OCH3 is 1. The van der Waals surface area contributed by atoms with E-state index in [4.69, 9.17) is 15.2 Å². The van der Waals surface area contributed by atoms with Gasteiger partial charge in [-0.15, -0.1) is 0 Å². The first-order valence-corrected chi connectivity index (χ1v) is 6.52. The summed E-state index contributed by atoms with van der Waals surface area (Å²) in [5, 5.41) is 0. The summed E-state index contributed by atoms with van der Waals surface area (Å²) in [6.45, 7) is 1.69. The topological polar surface area (TPSA) is 44.5 Å². The Morgan fingerprint density at radius 2 is 1.95 bits per heavy atom. The highest BCUT2D eigenvalue weighted by molar-refractivity contribution is 5.33. The lowest BCUT2D eigenvalue weighted by atomic mass is 10.1. The molecule has 3 nitrogen and oxygen atoms in total. The Hall–Kier alpha value is -2.14. The van der Waals surface area contributed by atoms with Gasteiger partial charge in [-0.2, -0.15) is 0 Å². The zero-order valence-corrected chi connectivity index (χ0v) is 11.9. The third-order valence-electron chi connectivity index (χ3n) is 3.12. The van der Waals surface area contributed by atoms with E-state index in [0.717, 1.165) is 0 Å². The summed E-state index contributed by atoms with van der Waals surface area (Å²) in [5.74, 6) is -0.449. The molecule has 2 N–H and O–H groups in total. The van der Waals surface area contributed by atoms with Crippen LogP contribution in [0.2, 0.25) is 0 Å². The number of halogens is 2. The molecule has 0 saturated carbocycles. The van der Waals surface area contributed by atoms with Crippen LogP contribution >= 0.6 is 0 Å². The number of hydrogen-bond acceptors (Lipinski definition) is 3. The van der Waals surface area contributed by atoms with Crippen LogP contribution in [0.1, 0.15) is 24.1 Å². The summed E-state index contributed by atoms with van der Waals surface area (Å²) in [4.78, 5) is 0. The first-order chi connectivity index (χ1) is 10.0. The van der Waals surface area contributed by atoms with Gasteiger partial charge in [0.1, 0.15) is 18.2 Å². The van der Waals surface area contributed by atoms with Crippen LogP contribution in [-0.2, 0) is 6.61 Å². The molecule has 0 bridgehead atoms. The predicted octanol–water partition coefficient (Wildman–Crippen LogP) is 3.57. The van der Waals surface area contributed by atoms with E-state index < -0.39 is 17.7 Å². The molecule has 0 unspecified atom stereocenters. The van der Waals surface area contributed by atoms with Gasteiger partial charge >= 0.3 is 0 Å². The second kappa shape index (κ2) is 6.54. The molecule has 0 aromatic heterocycles. The van der Waals surface area contributed by atoms with Crippen molar-refractivity contribution >= 4 is 0 Å². The fourth-order valence-corrected chi connectivity index (χ4v) is 1.95. The minimum absolute atomic E-state index is 0.0139. The van der Waals surface area contributed by atoms with Gasteiger partial charge in [0.05, 0.1) is 7.11 Å². The summed E-state index contributed by atoms with van der Waals surface area (Å²) in [5.41, 5.74) is 6.39. The van der Waals surface area contributed by atoms with Crippen molar-refractivity contribution in [1.82, 2.24) is 0 Å². The molecule has 21 heavy (non-hydrogen) atoms. The SMILES string of the molecule is COc1cccc(COc2ccc([C@H](C)N)c(F)c2)c1F. The first-order valence-electron chi connectivity index (χ1n) is 6.52. The van der Waals surface area contributed by atoms with Gasteiger partial charge in [-0.3, -0.25) is 0 Å². The van der Waals surface area contributed by atoms with Crippen LogP contribution in [-0.4, -0.2) is 7.11 Å². The second-order valence-corrected chi connectivity index (χ2v) is 4.69. The molecule has 0 saturated heterocycles. The largest absolute Gasteiger partial charge is 0.494 e. The molecule has 112 valence electrons. The minimum atomic E-state index is -0.479. The van der Waals surface area contributed by atoms with Crippen molar-refractivity contribution in [3.05, 3.63) is 59.2 Å². The van der Waals surface area contributed by atoms with Crippen LogP contribution < -0.4 is 15.2 Å². The van der Waals surface area contributed by atoms with Crippen LogP contribution in [0.5, 0.6) is 11.5 Å². The van der Waals surface area contributed by atoms with Gasteiger partial charge in [0.25, 0.3) is 0 Å². The summed E-state index contributed by atoms with van der Waals surface area (Å²) in [6, 6.07) is 8.81. The van der Waals surface area contributed by atoms with Crippen LogP contribution in [0.25, 0.3) is 0 Å². The molecule has 2 aromatic rings. The van der Waals surface area contributed by atoms with Crippen LogP contribution in [0, 0.1) is 11.6 Å². The molecule has 5 heteroatoms. The predicted molar refractivity (Wildman–Crippen MR) is 76.3 cm³/mol. The van der Waals surface area contributed by atoms with E-state index in [2.05, 4.69) is 0 Å². The Labute approximate surface area is 122 Å². The summed E-state index contributed by atoms with van der Waals surface area (Å²) in [7, 11) is 1.39. The lowest BCUT2D eigenvalue weighted by Gasteiger charge is -2.11. The van der Waals surface area contributed by atoms with Gasteiger partial charge in [0.15, 0.2) is 11.6 Å². The van der Waals surface area contributed by atoms with E-state index in [1.54, 1.807) is 31.2 Å². The molecule has 0 radical (unpaired) electrons. The maximum absolute atomic E-state index is 13.9. The van der Waals surface area contributed by atoms with Crippen molar-refractivity contribution in [3.8, 4) is 11.5 Å². The third-order valence-corrected chi connectivity index (χ3v) is 3.12. The van der Waals surface area contributed by atoms with Crippen LogP contribution in [0.4, 0.5) is 8.78 Å². The molecule has 0 aliphatic heterocycles. The average Bonchev–Trinajstić information content (AvgIpc) is 2.46. The standard InChI is InChI=1S/C16H17F2NO2/c1-10(19)13-7-6-12(8-14(13)17)21-9-11-4-3-5-15(20-2)16(11)18/h3-8,10H,9,19H2,1-2H3/t10-/m0/s1. The van der Waals surface area contributed by atoms with E-state index >= 15 is 0 Å². The molecule has 1 atom stereocenters. The number of hydrogen-bond donors (Lipinski definition) is 1. The van der Waals surface area contributed by atoms with E-state index in [9.17, 15) is 8.78 Å². The lowest BCUT2D eigenvalue weighted by molar-refractivity contribution is 0.294. The normalized spacial score (nSPS) is 12.0. The lowest BCUT2D eigenvalue weighted by Crippen LogP contribution is -2.07. The van der Waals surface area contributed by atoms with Crippen LogP contribution in [0.15, 0.2) is 36.4 Å². The summed E-state index contributed by atoms with van der Waals surface area (Å²) < 4.78 is 38.0. The number of rotatable bonds is 5. The van der Waals surface area contributed by atoms with Gasteiger partial charge in [-0.05, 0) is 19.1 Å². The quantitative estimate of drug-likeness (QED) is 0.916. The highest BCUT2D eigenvalue weighted by atomic mass is 19.1. The van der Waals surface area contributed by atoms with E-state index in [1.165, 1.54) is 19.2 Å². The van der Waals surface area contributed by atoms with Gasteiger partial charge in [-0.1, -0.05) is 18.2 Å². The molecule has 0 aliphatic carbocycles. The van der Waals surface area contributed by atoms with Gasteiger partial charge < -0.3 is 15.2 Å². The van der Waals surface area contributed by atoms with E-state index in [-0.39, 0.29) is 12.4 Å². The Balaban J connectivity index is 2.12. The van der Waals surface area contributed by atoms with Crippen molar-refractivity contribution in [1.29, 1.82) is 0 Å². The summed E-state index contributed by atoms with van der Waals surface area (Å²) >= 11 is 0. The molecular weight excluding hydrogens is 276 g/mol. The molecular formula is C16H17F2NO2. The molecule has 0 spiro atoms. The first kappa shape index (κ1) is 15.3. The number of ether oxygens (including phenoxy) is 2. The molecule has 0 amide bonds. The fraction of sp³-hybridized carbons (Fsp3) is 0.250. The average molecular weight is 293 g/mol. The van der Waals surface area contributed by atoms with Crippen molar-refractivity contribution in [2.24, 2.45) is 5.73 Å². The van der Waals surface area contributed by atoms with Gasteiger partial charge in [0, 0.05) is 23.2 Å². The van der Waals surface area contributed by atoms with Gasteiger partial charge in [0.2, 0.25) is 0 Å². The molecule has 2 rings (SSSR count). The maximum Gasteiger partial charge on any atom is 0.171 e. The molecule has 0 heterocycles. The van der Waals surface area contributed by atoms with Crippen molar-refractivity contribution in [2.75, 3.05) is 7.11 Å². The monoisotopic (exact) mass is 293 g/mol. The smallest absolute Gasteiger partial charge is 0.171 e. The Morgan fingerprint density at radius 1 is 1.19 bits per heavy atom. The van der Waals surface area contributed by atoms with Crippen molar-refractivity contribution in [3.63, 3.8) is 0 Å². The highest BCUT2D eigenvalue weighted by Gasteiger charge is 2.11. The summed E-state index contributed by atoms with van der Waals surface area (Å²) in [6.07, 6.45) is 0. The number of benzene rings is 2. The molecule has 0 fully saturated rings. The van der Waals surface area contributed by atoms with Crippen molar-refractivity contribution in [2.45, 2.75) is 19.6 Å². The minimum Gasteiger partial charge on any atom is -0.494 e. The zero-order chi connectivity index (χ0) is 15.4. The number of nitrogens with two attached hydrogens (primary N) is 1. The van der Waals surface area contributed by atoms with Crippen molar-refractivity contribution < 1.29 is 18.3 Å². The molecule has 2 aromatic carbocycles. The van der Waals surface area contributed by atoms with Gasteiger partial charge in [-0.25, -0.2) is 8.78 Å².